The molecule has 3 rings (SSSR count). The lowest BCUT2D eigenvalue weighted by Gasteiger charge is -2.35. The molecule has 2 aromatic rings. The second-order valence-electron chi connectivity index (χ2n) is 6.41. The zero-order valence-electron chi connectivity index (χ0n) is 14.7. The number of halogens is 2. The van der Waals surface area contributed by atoms with E-state index in [-0.39, 0.29) is 18.0 Å². The summed E-state index contributed by atoms with van der Waals surface area (Å²) in [5.74, 6) is -0.512. The molecule has 0 bridgehead atoms. The van der Waals surface area contributed by atoms with Crippen LogP contribution in [0.2, 0.25) is 0 Å². The zero-order valence-corrected chi connectivity index (χ0v) is 14.7. The molecule has 1 atom stereocenters. The van der Waals surface area contributed by atoms with Crippen molar-refractivity contribution in [3.63, 3.8) is 0 Å². The molecule has 26 heavy (non-hydrogen) atoms. The first-order chi connectivity index (χ1) is 12.5. The molecule has 1 unspecified atom stereocenters. The first kappa shape index (κ1) is 18.3. The average Bonchev–Trinajstić information content (AvgIpc) is 2.63. The third-order valence-corrected chi connectivity index (χ3v) is 4.52. The van der Waals surface area contributed by atoms with E-state index < -0.39 is 17.7 Å². The van der Waals surface area contributed by atoms with Gasteiger partial charge in [0, 0.05) is 44.0 Å². The quantitative estimate of drug-likeness (QED) is 0.889. The molecule has 1 aromatic heterocycles. The molecule has 0 saturated carbocycles. The third kappa shape index (κ3) is 4.54. The lowest BCUT2D eigenvalue weighted by Crippen LogP contribution is -2.49. The lowest BCUT2D eigenvalue weighted by molar-refractivity contribution is -0.123. The Hall–Kier alpha value is -2.54. The van der Waals surface area contributed by atoms with Crippen molar-refractivity contribution in [2.24, 2.45) is 0 Å². The van der Waals surface area contributed by atoms with Crippen molar-refractivity contribution in [2.75, 3.05) is 37.6 Å². The minimum atomic E-state index is -0.651. The third-order valence-electron chi connectivity index (χ3n) is 4.52. The van der Waals surface area contributed by atoms with Crippen LogP contribution >= 0.6 is 0 Å². The summed E-state index contributed by atoms with van der Waals surface area (Å²) in [5.41, 5.74) is 0.278. The van der Waals surface area contributed by atoms with Gasteiger partial charge in [0.2, 0.25) is 5.91 Å². The number of carbonyl (C=O) groups is 1. The molecule has 7 heteroatoms. The molecule has 1 aliphatic heterocycles. The van der Waals surface area contributed by atoms with Crippen LogP contribution in [0, 0.1) is 11.6 Å². The molecule has 1 N–H and O–H groups in total. The van der Waals surface area contributed by atoms with E-state index in [4.69, 9.17) is 0 Å². The highest BCUT2D eigenvalue weighted by molar-refractivity contribution is 5.78. The molecule has 138 valence electrons. The summed E-state index contributed by atoms with van der Waals surface area (Å²) < 4.78 is 26.8. The summed E-state index contributed by atoms with van der Waals surface area (Å²) in [7, 11) is 0. The molecule has 1 saturated heterocycles. The molecular formula is C19H22F2N4O. The predicted molar refractivity (Wildman–Crippen MR) is 95.8 cm³/mol. The summed E-state index contributed by atoms with van der Waals surface area (Å²) in [5, 5.41) is 2.78. The highest BCUT2D eigenvalue weighted by atomic mass is 19.1. The van der Waals surface area contributed by atoms with Gasteiger partial charge in [0.1, 0.15) is 17.5 Å². The number of aromatic nitrogens is 1. The van der Waals surface area contributed by atoms with Gasteiger partial charge in [-0.25, -0.2) is 13.8 Å². The topological polar surface area (TPSA) is 48.5 Å². The first-order valence-electron chi connectivity index (χ1n) is 8.65. The van der Waals surface area contributed by atoms with Crippen LogP contribution in [-0.4, -0.2) is 48.5 Å². The summed E-state index contributed by atoms with van der Waals surface area (Å²) >= 11 is 0. The van der Waals surface area contributed by atoms with Crippen molar-refractivity contribution in [1.82, 2.24) is 15.2 Å². The number of hydrogen-bond donors (Lipinski definition) is 1. The molecule has 0 spiro atoms. The number of piperazine rings is 1. The standard InChI is InChI=1S/C19H22F2N4O/c1-14(16-6-5-15(20)12-17(16)21)23-19(26)13-24-8-10-25(11-9-24)18-4-2-3-7-22-18/h2-7,12,14H,8-11,13H2,1H3,(H,23,26). The molecule has 1 fully saturated rings. The number of carbonyl (C=O) groups excluding carboxylic acids is 1. The Morgan fingerprint density at radius 3 is 2.62 bits per heavy atom. The Labute approximate surface area is 151 Å². The fourth-order valence-corrected chi connectivity index (χ4v) is 3.10. The van der Waals surface area contributed by atoms with Gasteiger partial charge in [-0.3, -0.25) is 9.69 Å². The van der Waals surface area contributed by atoms with Gasteiger partial charge in [0.25, 0.3) is 0 Å². The van der Waals surface area contributed by atoms with Gasteiger partial charge >= 0.3 is 0 Å². The normalized spacial score (nSPS) is 16.3. The highest BCUT2D eigenvalue weighted by Gasteiger charge is 2.21. The van der Waals surface area contributed by atoms with Crippen LogP contribution < -0.4 is 10.2 Å². The van der Waals surface area contributed by atoms with Crippen molar-refractivity contribution >= 4 is 11.7 Å². The second kappa shape index (κ2) is 8.23. The maximum Gasteiger partial charge on any atom is 0.234 e. The number of nitrogens with zero attached hydrogens (tertiary/aromatic N) is 3. The summed E-state index contributed by atoms with van der Waals surface area (Å²) in [6.07, 6.45) is 1.77. The molecule has 1 aliphatic rings. The van der Waals surface area contributed by atoms with E-state index in [1.165, 1.54) is 12.1 Å². The highest BCUT2D eigenvalue weighted by Crippen LogP contribution is 2.18. The first-order valence-corrected chi connectivity index (χ1v) is 8.65. The molecule has 0 aliphatic carbocycles. The lowest BCUT2D eigenvalue weighted by atomic mass is 10.1. The van der Waals surface area contributed by atoms with Crippen LogP contribution in [-0.2, 0) is 4.79 Å². The predicted octanol–water partition coefficient (Wildman–Crippen LogP) is 2.36. The number of benzene rings is 1. The van der Waals surface area contributed by atoms with Gasteiger partial charge < -0.3 is 10.2 Å². The number of hydrogen-bond acceptors (Lipinski definition) is 4. The minimum Gasteiger partial charge on any atom is -0.354 e. The van der Waals surface area contributed by atoms with E-state index >= 15 is 0 Å². The molecule has 1 amide bonds. The van der Waals surface area contributed by atoms with E-state index in [0.717, 1.165) is 38.1 Å². The summed E-state index contributed by atoms with van der Waals surface area (Å²) in [6, 6.07) is 8.68. The number of nitrogens with one attached hydrogen (secondary N) is 1. The maximum atomic E-state index is 13.8. The van der Waals surface area contributed by atoms with E-state index in [9.17, 15) is 13.6 Å². The largest absolute Gasteiger partial charge is 0.354 e. The van der Waals surface area contributed by atoms with Crippen LogP contribution in [0.4, 0.5) is 14.6 Å². The van der Waals surface area contributed by atoms with Crippen LogP contribution in [0.3, 0.4) is 0 Å². The van der Waals surface area contributed by atoms with E-state index in [1.54, 1.807) is 13.1 Å². The second-order valence-corrected chi connectivity index (χ2v) is 6.41. The van der Waals surface area contributed by atoms with Crippen molar-refractivity contribution in [1.29, 1.82) is 0 Å². The van der Waals surface area contributed by atoms with Crippen molar-refractivity contribution in [3.8, 4) is 0 Å². The fraction of sp³-hybridized carbons (Fsp3) is 0.368. The van der Waals surface area contributed by atoms with E-state index in [2.05, 4.69) is 20.1 Å². The van der Waals surface area contributed by atoms with Gasteiger partial charge in [-0.15, -0.1) is 0 Å². The number of rotatable bonds is 5. The van der Waals surface area contributed by atoms with Gasteiger partial charge in [-0.1, -0.05) is 12.1 Å². The van der Waals surface area contributed by atoms with Crippen molar-refractivity contribution in [2.45, 2.75) is 13.0 Å². The Balaban J connectivity index is 1.48. The Bertz CT molecular complexity index is 748. The van der Waals surface area contributed by atoms with Gasteiger partial charge in [-0.2, -0.15) is 0 Å². The van der Waals surface area contributed by atoms with Crippen LogP contribution in [0.15, 0.2) is 42.6 Å². The Morgan fingerprint density at radius 2 is 1.96 bits per heavy atom. The summed E-state index contributed by atoms with van der Waals surface area (Å²) in [4.78, 5) is 20.8. The van der Waals surface area contributed by atoms with Crippen LogP contribution in [0.1, 0.15) is 18.5 Å². The van der Waals surface area contributed by atoms with Gasteiger partial charge in [0.05, 0.1) is 12.6 Å². The number of amides is 1. The molecule has 1 aromatic carbocycles. The van der Waals surface area contributed by atoms with Crippen molar-refractivity contribution in [3.05, 3.63) is 59.8 Å². The Morgan fingerprint density at radius 1 is 1.19 bits per heavy atom. The SMILES string of the molecule is CC(NC(=O)CN1CCN(c2ccccn2)CC1)c1ccc(F)cc1F. The molecule has 0 radical (unpaired) electrons. The summed E-state index contributed by atoms with van der Waals surface area (Å²) in [6.45, 7) is 5.04. The monoisotopic (exact) mass is 360 g/mol. The average molecular weight is 360 g/mol. The van der Waals surface area contributed by atoms with Crippen LogP contribution in [0.25, 0.3) is 0 Å². The molecular weight excluding hydrogens is 338 g/mol. The Kier molecular flexibility index (Phi) is 5.78. The maximum absolute atomic E-state index is 13.8. The fourth-order valence-electron chi connectivity index (χ4n) is 3.10. The smallest absolute Gasteiger partial charge is 0.234 e. The van der Waals surface area contributed by atoms with E-state index in [1.807, 2.05) is 18.2 Å². The minimum absolute atomic E-state index is 0.174. The van der Waals surface area contributed by atoms with Crippen molar-refractivity contribution < 1.29 is 13.6 Å². The van der Waals surface area contributed by atoms with Crippen LogP contribution in [0.5, 0.6) is 0 Å². The number of anilines is 1. The zero-order chi connectivity index (χ0) is 18.5. The number of pyridine rings is 1. The molecule has 5 nitrogen and oxygen atoms in total. The van der Waals surface area contributed by atoms with Gasteiger partial charge in [-0.05, 0) is 25.1 Å². The molecule has 2 heterocycles. The van der Waals surface area contributed by atoms with Gasteiger partial charge in [0.15, 0.2) is 0 Å². The van der Waals surface area contributed by atoms with E-state index in [0.29, 0.717) is 0 Å².